The van der Waals surface area contributed by atoms with Gasteiger partial charge in [0, 0.05) is 37.2 Å². The van der Waals surface area contributed by atoms with Crippen molar-refractivity contribution < 1.29 is 9.47 Å². The molecule has 0 fully saturated rings. The molecule has 0 radical (unpaired) electrons. The van der Waals surface area contributed by atoms with Crippen molar-refractivity contribution in [2.45, 2.75) is 0 Å². The number of thiophene rings is 1. The summed E-state index contributed by atoms with van der Waals surface area (Å²) < 4.78 is 15.5. The summed E-state index contributed by atoms with van der Waals surface area (Å²) >= 11 is 1.84. The first-order valence-electron chi connectivity index (χ1n) is 16.7. The molecule has 0 spiro atoms. The van der Waals surface area contributed by atoms with Crippen molar-refractivity contribution in [2.24, 2.45) is 0 Å². The number of ether oxygens (including phenoxy) is 2. The SMILES string of the molecule is c1ccc(-c2ccc(N(c3cccc(-c4ccc5c(c4)Oc4cccc6cccc(c46)O5)c3)c3ccc4c(c3)sc3ccccc34)cc2)cc1. The van der Waals surface area contributed by atoms with Gasteiger partial charge < -0.3 is 14.4 Å². The van der Waals surface area contributed by atoms with Crippen molar-refractivity contribution in [2.75, 3.05) is 4.90 Å². The van der Waals surface area contributed by atoms with Crippen LogP contribution in [0, 0.1) is 0 Å². The molecule has 0 atom stereocenters. The first-order valence-corrected chi connectivity index (χ1v) is 17.6. The van der Waals surface area contributed by atoms with Crippen molar-refractivity contribution in [3.8, 4) is 45.3 Å². The van der Waals surface area contributed by atoms with Gasteiger partial charge in [0.2, 0.25) is 0 Å². The van der Waals surface area contributed by atoms with Crippen molar-refractivity contribution in [1.82, 2.24) is 0 Å². The zero-order valence-corrected chi connectivity index (χ0v) is 27.7. The minimum absolute atomic E-state index is 0.695. The molecule has 0 bridgehead atoms. The Balaban J connectivity index is 1.08. The highest BCUT2D eigenvalue weighted by Crippen LogP contribution is 2.47. The molecule has 8 aromatic carbocycles. The van der Waals surface area contributed by atoms with Gasteiger partial charge in [-0.25, -0.2) is 0 Å². The number of hydrogen-bond acceptors (Lipinski definition) is 4. The molecule has 1 aliphatic rings. The monoisotopic (exact) mass is 659 g/mol. The summed E-state index contributed by atoms with van der Waals surface area (Å²) in [6, 6.07) is 62.0. The van der Waals surface area contributed by atoms with Crippen molar-refractivity contribution in [3.63, 3.8) is 0 Å². The predicted molar refractivity (Wildman–Crippen MR) is 209 cm³/mol. The van der Waals surface area contributed by atoms with Crippen molar-refractivity contribution in [1.29, 1.82) is 0 Å². The van der Waals surface area contributed by atoms with Crippen molar-refractivity contribution >= 4 is 59.3 Å². The third-order valence-electron chi connectivity index (χ3n) is 9.50. The molecule has 0 unspecified atom stereocenters. The first-order chi connectivity index (χ1) is 24.7. The summed E-state index contributed by atoms with van der Waals surface area (Å²) in [6.45, 7) is 0. The fourth-order valence-corrected chi connectivity index (χ4v) is 8.23. The van der Waals surface area contributed by atoms with E-state index in [2.05, 4.69) is 150 Å². The number of anilines is 3. The number of rotatable bonds is 5. The highest BCUT2D eigenvalue weighted by atomic mass is 32.1. The normalized spacial score (nSPS) is 11.9. The molecule has 0 saturated carbocycles. The van der Waals surface area contributed by atoms with Crippen LogP contribution in [0.1, 0.15) is 0 Å². The molecule has 2 heterocycles. The van der Waals surface area contributed by atoms with E-state index in [0.29, 0.717) is 11.5 Å². The highest BCUT2D eigenvalue weighted by molar-refractivity contribution is 7.25. The molecular weight excluding hydrogens is 631 g/mol. The summed E-state index contributed by atoms with van der Waals surface area (Å²) in [5.41, 5.74) is 7.79. The maximum absolute atomic E-state index is 6.53. The second-order valence-electron chi connectivity index (χ2n) is 12.6. The minimum Gasteiger partial charge on any atom is -0.453 e. The van der Waals surface area contributed by atoms with Crippen LogP contribution in [0.15, 0.2) is 176 Å². The number of fused-ring (bicyclic) bond motifs is 4. The average molecular weight is 660 g/mol. The van der Waals surface area contributed by atoms with Gasteiger partial charge in [0.1, 0.15) is 11.5 Å². The van der Waals surface area contributed by atoms with Crippen LogP contribution in [-0.4, -0.2) is 0 Å². The molecule has 0 N–H and O–H groups in total. The molecular formula is C46H29NO2S. The molecule has 9 aromatic rings. The Kier molecular flexibility index (Phi) is 6.68. The van der Waals surface area contributed by atoms with Gasteiger partial charge >= 0.3 is 0 Å². The highest BCUT2D eigenvalue weighted by Gasteiger charge is 2.20. The zero-order chi connectivity index (χ0) is 33.0. The smallest absolute Gasteiger partial charge is 0.170 e. The predicted octanol–water partition coefficient (Wildman–Crippen LogP) is 13.9. The summed E-state index contributed by atoms with van der Waals surface area (Å²) in [6.07, 6.45) is 0. The summed E-state index contributed by atoms with van der Waals surface area (Å²) in [7, 11) is 0. The van der Waals surface area contributed by atoms with Crippen LogP contribution in [0.5, 0.6) is 23.0 Å². The van der Waals surface area contributed by atoms with Gasteiger partial charge in [0.15, 0.2) is 11.5 Å². The van der Waals surface area contributed by atoms with Crippen LogP contribution in [0.4, 0.5) is 17.1 Å². The van der Waals surface area contributed by atoms with E-state index in [9.17, 15) is 0 Å². The first kappa shape index (κ1) is 28.6. The lowest BCUT2D eigenvalue weighted by Gasteiger charge is -2.26. The Hall–Kier alpha value is -6.36. The molecule has 50 heavy (non-hydrogen) atoms. The maximum atomic E-state index is 6.53. The van der Waals surface area contributed by atoms with Crippen LogP contribution in [0.2, 0.25) is 0 Å². The van der Waals surface area contributed by atoms with Gasteiger partial charge in [-0.1, -0.05) is 109 Å². The van der Waals surface area contributed by atoms with Crippen LogP contribution in [-0.2, 0) is 0 Å². The zero-order valence-electron chi connectivity index (χ0n) is 26.9. The fraction of sp³-hybridized carbons (Fsp3) is 0. The molecule has 0 amide bonds. The van der Waals surface area contributed by atoms with E-state index in [0.717, 1.165) is 50.5 Å². The van der Waals surface area contributed by atoms with E-state index >= 15 is 0 Å². The number of benzene rings is 8. The lowest BCUT2D eigenvalue weighted by molar-refractivity contribution is 0.439. The standard InChI is InChI=1S/C46H29NO2S/c1-2-9-30(10-3-1)31-19-22-35(23-20-31)47(37-24-25-39-38-15-4-5-18-44(38)50-45(39)29-37)36-14-6-13-33(27-36)34-21-26-40-43(28-34)49-42-17-8-12-32-11-7-16-41(48-40)46(32)42/h1-29H. The topological polar surface area (TPSA) is 21.7 Å². The molecule has 3 nitrogen and oxygen atoms in total. The summed E-state index contributed by atoms with van der Waals surface area (Å²) in [4.78, 5) is 2.35. The van der Waals surface area contributed by atoms with Crippen molar-refractivity contribution in [3.05, 3.63) is 176 Å². The van der Waals surface area contributed by atoms with Gasteiger partial charge in [0.25, 0.3) is 0 Å². The fourth-order valence-electron chi connectivity index (χ4n) is 7.09. The molecule has 0 aliphatic carbocycles. The third-order valence-corrected chi connectivity index (χ3v) is 10.6. The Morgan fingerprint density at radius 2 is 0.980 bits per heavy atom. The minimum atomic E-state index is 0.695. The van der Waals surface area contributed by atoms with E-state index in [1.165, 1.54) is 31.3 Å². The lowest BCUT2D eigenvalue weighted by atomic mass is 10.0. The van der Waals surface area contributed by atoms with Crippen LogP contribution in [0.3, 0.4) is 0 Å². The summed E-state index contributed by atoms with van der Waals surface area (Å²) in [5.74, 6) is 2.99. The Morgan fingerprint density at radius 3 is 1.82 bits per heavy atom. The summed E-state index contributed by atoms with van der Waals surface area (Å²) in [5, 5.41) is 4.66. The molecule has 10 rings (SSSR count). The molecule has 4 heteroatoms. The molecule has 236 valence electrons. The lowest BCUT2D eigenvalue weighted by Crippen LogP contribution is -2.09. The quantitative estimate of drug-likeness (QED) is 0.184. The molecule has 0 saturated heterocycles. The van der Waals surface area contributed by atoms with Gasteiger partial charge in [-0.3, -0.25) is 0 Å². The molecule has 1 aromatic heterocycles. The third kappa shape index (κ3) is 4.89. The van der Waals surface area contributed by atoms with Gasteiger partial charge in [-0.15, -0.1) is 11.3 Å². The van der Waals surface area contributed by atoms with Gasteiger partial charge in [0.05, 0.1) is 5.39 Å². The second-order valence-corrected chi connectivity index (χ2v) is 13.6. The van der Waals surface area contributed by atoms with E-state index in [1.807, 2.05) is 41.7 Å². The largest absolute Gasteiger partial charge is 0.453 e. The average Bonchev–Trinajstić information content (AvgIpc) is 3.46. The van der Waals surface area contributed by atoms with Crippen LogP contribution < -0.4 is 14.4 Å². The Morgan fingerprint density at radius 1 is 0.360 bits per heavy atom. The van der Waals surface area contributed by atoms with Gasteiger partial charge in [-0.05, 0) is 94.4 Å². The Labute approximate surface area is 293 Å². The van der Waals surface area contributed by atoms with Crippen LogP contribution >= 0.6 is 11.3 Å². The van der Waals surface area contributed by atoms with E-state index in [1.54, 1.807) is 0 Å². The van der Waals surface area contributed by atoms with E-state index in [-0.39, 0.29) is 0 Å². The van der Waals surface area contributed by atoms with E-state index in [4.69, 9.17) is 9.47 Å². The maximum Gasteiger partial charge on any atom is 0.170 e. The van der Waals surface area contributed by atoms with Crippen LogP contribution in [0.25, 0.3) is 53.2 Å². The Bertz CT molecular complexity index is 2710. The van der Waals surface area contributed by atoms with E-state index < -0.39 is 0 Å². The number of nitrogens with zero attached hydrogens (tertiary/aromatic N) is 1. The van der Waals surface area contributed by atoms with Gasteiger partial charge in [-0.2, -0.15) is 0 Å². The molecule has 1 aliphatic heterocycles. The number of hydrogen-bond donors (Lipinski definition) is 0. The second kappa shape index (κ2) is 11.7.